The predicted octanol–water partition coefficient (Wildman–Crippen LogP) is 6.05. The van der Waals surface area contributed by atoms with E-state index in [0.717, 1.165) is 21.4 Å². The Morgan fingerprint density at radius 1 is 1.18 bits per heavy atom. The monoisotopic (exact) mass is 479 g/mol. The van der Waals surface area contributed by atoms with Crippen LogP contribution in [-0.4, -0.2) is 23.6 Å². The SMILES string of the molecule is CCOC(=O)Nc1nc(-c2ccccc2)c(NC(=O)c2cc(Br)ccc2Cl)s1. The normalized spacial score (nSPS) is 10.4. The van der Waals surface area contributed by atoms with Crippen LogP contribution in [0.4, 0.5) is 14.9 Å². The molecule has 0 aliphatic carbocycles. The van der Waals surface area contributed by atoms with Crippen LogP contribution in [0.25, 0.3) is 11.3 Å². The van der Waals surface area contributed by atoms with Crippen molar-refractivity contribution < 1.29 is 14.3 Å². The summed E-state index contributed by atoms with van der Waals surface area (Å²) in [6.07, 6.45) is -0.608. The van der Waals surface area contributed by atoms with Gasteiger partial charge in [-0.05, 0) is 25.1 Å². The van der Waals surface area contributed by atoms with Crippen molar-refractivity contribution in [3.05, 3.63) is 63.6 Å². The van der Waals surface area contributed by atoms with Crippen LogP contribution in [0.2, 0.25) is 5.02 Å². The second kappa shape index (κ2) is 9.18. The lowest BCUT2D eigenvalue weighted by Crippen LogP contribution is -2.12. The Labute approximate surface area is 179 Å². The van der Waals surface area contributed by atoms with Gasteiger partial charge in [0.2, 0.25) is 0 Å². The molecule has 2 amide bonds. The summed E-state index contributed by atoms with van der Waals surface area (Å²) in [5.74, 6) is -0.380. The highest BCUT2D eigenvalue weighted by atomic mass is 79.9. The molecule has 0 spiro atoms. The third kappa shape index (κ3) is 4.89. The molecule has 6 nitrogen and oxygen atoms in total. The van der Waals surface area contributed by atoms with E-state index in [4.69, 9.17) is 16.3 Å². The average Bonchev–Trinajstić information content (AvgIpc) is 3.06. The van der Waals surface area contributed by atoms with E-state index in [1.807, 2.05) is 30.3 Å². The molecule has 0 fully saturated rings. The van der Waals surface area contributed by atoms with Crippen molar-refractivity contribution in [1.82, 2.24) is 4.98 Å². The van der Waals surface area contributed by atoms with Crippen LogP contribution in [0.1, 0.15) is 17.3 Å². The van der Waals surface area contributed by atoms with Gasteiger partial charge in [0.1, 0.15) is 10.7 Å². The number of hydrogen-bond acceptors (Lipinski definition) is 5. The number of nitrogens with zero attached hydrogens (tertiary/aromatic N) is 1. The molecule has 2 aromatic carbocycles. The van der Waals surface area contributed by atoms with Crippen LogP contribution in [0.15, 0.2) is 53.0 Å². The Morgan fingerprint density at radius 2 is 1.93 bits per heavy atom. The number of hydrogen-bond donors (Lipinski definition) is 2. The van der Waals surface area contributed by atoms with Crippen LogP contribution in [0.5, 0.6) is 0 Å². The van der Waals surface area contributed by atoms with Gasteiger partial charge in [-0.3, -0.25) is 10.1 Å². The molecule has 0 bridgehead atoms. The predicted molar refractivity (Wildman–Crippen MR) is 115 cm³/mol. The van der Waals surface area contributed by atoms with Crippen molar-refractivity contribution in [3.63, 3.8) is 0 Å². The fraction of sp³-hybridized carbons (Fsp3) is 0.105. The minimum Gasteiger partial charge on any atom is -0.450 e. The van der Waals surface area contributed by atoms with Gasteiger partial charge in [0.25, 0.3) is 5.91 Å². The van der Waals surface area contributed by atoms with Crippen LogP contribution in [-0.2, 0) is 4.74 Å². The first-order chi connectivity index (χ1) is 13.5. The smallest absolute Gasteiger partial charge is 0.413 e. The van der Waals surface area contributed by atoms with Crippen LogP contribution < -0.4 is 10.6 Å². The van der Waals surface area contributed by atoms with E-state index in [0.29, 0.717) is 26.4 Å². The molecule has 1 heterocycles. The summed E-state index contributed by atoms with van der Waals surface area (Å²) in [5.41, 5.74) is 1.66. The largest absolute Gasteiger partial charge is 0.450 e. The average molecular weight is 481 g/mol. The first kappa shape index (κ1) is 20.3. The second-order valence-electron chi connectivity index (χ2n) is 5.49. The summed E-state index contributed by atoms with van der Waals surface area (Å²) >= 11 is 10.6. The number of anilines is 2. The molecule has 0 atom stereocenters. The summed E-state index contributed by atoms with van der Waals surface area (Å²) in [7, 11) is 0. The van der Waals surface area contributed by atoms with Crippen molar-refractivity contribution in [2.45, 2.75) is 6.92 Å². The number of amides is 2. The number of nitrogens with one attached hydrogen (secondary N) is 2. The van der Waals surface area contributed by atoms with E-state index in [9.17, 15) is 9.59 Å². The first-order valence-corrected chi connectivity index (χ1v) is 10.2. The van der Waals surface area contributed by atoms with Crippen LogP contribution >= 0.6 is 38.9 Å². The second-order valence-corrected chi connectivity index (χ2v) is 7.81. The van der Waals surface area contributed by atoms with E-state index >= 15 is 0 Å². The van der Waals surface area contributed by atoms with E-state index < -0.39 is 6.09 Å². The van der Waals surface area contributed by atoms with Crippen LogP contribution in [0, 0.1) is 0 Å². The standard InChI is InChI=1S/C19H15BrClN3O3S/c1-2-27-19(26)24-18-22-15(11-6-4-3-5-7-11)17(28-18)23-16(25)13-10-12(20)8-9-14(13)21/h3-10H,2H2,1H3,(H,23,25)(H,22,24,26). The number of aromatic nitrogens is 1. The van der Waals surface area contributed by atoms with Gasteiger partial charge in [-0.2, -0.15) is 0 Å². The molecule has 0 radical (unpaired) electrons. The molecule has 0 saturated carbocycles. The van der Waals surface area contributed by atoms with Crippen molar-refractivity contribution in [3.8, 4) is 11.3 Å². The summed E-state index contributed by atoms with van der Waals surface area (Å²) in [6, 6.07) is 14.4. The molecule has 0 aliphatic heterocycles. The summed E-state index contributed by atoms with van der Waals surface area (Å²) in [5, 5.41) is 6.54. The van der Waals surface area contributed by atoms with Gasteiger partial charge in [0.15, 0.2) is 5.13 Å². The molecule has 3 rings (SSSR count). The van der Waals surface area contributed by atoms with E-state index in [1.165, 1.54) is 0 Å². The Morgan fingerprint density at radius 3 is 2.64 bits per heavy atom. The number of rotatable bonds is 5. The topological polar surface area (TPSA) is 80.3 Å². The molecule has 144 valence electrons. The fourth-order valence-corrected chi connectivity index (χ4v) is 3.78. The molecular formula is C19H15BrClN3O3S. The zero-order chi connectivity index (χ0) is 20.1. The van der Waals surface area contributed by atoms with E-state index in [2.05, 4.69) is 31.5 Å². The number of carbonyl (C=O) groups is 2. The number of halogens is 2. The zero-order valence-electron chi connectivity index (χ0n) is 14.7. The molecule has 9 heteroatoms. The molecule has 0 unspecified atom stereocenters. The number of thiazole rings is 1. The maximum absolute atomic E-state index is 12.8. The lowest BCUT2D eigenvalue weighted by Gasteiger charge is -2.07. The Hall–Kier alpha value is -2.42. The Balaban J connectivity index is 1.94. The third-order valence-electron chi connectivity index (χ3n) is 3.56. The number of ether oxygens (including phenoxy) is 1. The Bertz CT molecular complexity index is 1010. The van der Waals surface area contributed by atoms with Crippen LogP contribution in [0.3, 0.4) is 0 Å². The zero-order valence-corrected chi connectivity index (χ0v) is 17.8. The molecular weight excluding hydrogens is 466 g/mol. The van der Waals surface area contributed by atoms with Gasteiger partial charge in [-0.1, -0.05) is 69.2 Å². The third-order valence-corrected chi connectivity index (χ3v) is 5.27. The first-order valence-electron chi connectivity index (χ1n) is 8.24. The van der Waals surface area contributed by atoms with Gasteiger partial charge in [0.05, 0.1) is 17.2 Å². The highest BCUT2D eigenvalue weighted by Gasteiger charge is 2.19. The van der Waals surface area contributed by atoms with Crippen molar-refractivity contribution in [2.24, 2.45) is 0 Å². The molecule has 2 N–H and O–H groups in total. The maximum Gasteiger partial charge on any atom is 0.413 e. The summed E-state index contributed by atoms with van der Waals surface area (Å²) < 4.78 is 5.62. The summed E-state index contributed by atoms with van der Waals surface area (Å²) in [6.45, 7) is 1.96. The van der Waals surface area contributed by atoms with Gasteiger partial charge < -0.3 is 10.1 Å². The fourth-order valence-electron chi connectivity index (χ4n) is 2.35. The molecule has 3 aromatic rings. The number of benzene rings is 2. The minimum absolute atomic E-state index is 0.244. The van der Waals surface area contributed by atoms with Gasteiger partial charge >= 0.3 is 6.09 Å². The summed E-state index contributed by atoms with van der Waals surface area (Å²) in [4.78, 5) is 28.9. The quantitative estimate of drug-likeness (QED) is 0.466. The Kier molecular flexibility index (Phi) is 6.66. The minimum atomic E-state index is -0.608. The van der Waals surface area contributed by atoms with Gasteiger partial charge in [-0.15, -0.1) is 0 Å². The molecule has 28 heavy (non-hydrogen) atoms. The van der Waals surface area contributed by atoms with E-state index in [1.54, 1.807) is 25.1 Å². The van der Waals surface area contributed by atoms with Crippen molar-refractivity contribution in [2.75, 3.05) is 17.2 Å². The molecule has 0 aliphatic rings. The highest BCUT2D eigenvalue weighted by molar-refractivity contribution is 9.10. The number of carbonyl (C=O) groups excluding carboxylic acids is 2. The van der Waals surface area contributed by atoms with Crippen molar-refractivity contribution >= 4 is 61.0 Å². The van der Waals surface area contributed by atoms with Gasteiger partial charge in [-0.25, -0.2) is 9.78 Å². The van der Waals surface area contributed by atoms with E-state index in [-0.39, 0.29) is 12.5 Å². The van der Waals surface area contributed by atoms with Gasteiger partial charge in [0, 0.05) is 10.0 Å². The highest BCUT2D eigenvalue weighted by Crippen LogP contribution is 2.36. The lowest BCUT2D eigenvalue weighted by molar-refractivity contribution is 0.102. The lowest BCUT2D eigenvalue weighted by atomic mass is 10.1. The molecule has 1 aromatic heterocycles. The molecule has 0 saturated heterocycles. The van der Waals surface area contributed by atoms with Crippen molar-refractivity contribution in [1.29, 1.82) is 0 Å². The maximum atomic E-state index is 12.8.